The van der Waals surface area contributed by atoms with Gasteiger partial charge in [-0.05, 0) is 12.1 Å². The largest absolute Gasteiger partial charge is 0.872 e. The molecule has 0 aliphatic heterocycles. The molecule has 0 amide bonds. The van der Waals surface area contributed by atoms with Crippen LogP contribution in [-0.4, -0.2) is 0 Å². The van der Waals surface area contributed by atoms with Gasteiger partial charge in [-0.25, -0.2) is 0 Å². The van der Waals surface area contributed by atoms with Crippen molar-refractivity contribution >= 4 is 34.9 Å². The van der Waals surface area contributed by atoms with Crippen molar-refractivity contribution in [1.82, 2.24) is 0 Å². The summed E-state index contributed by atoms with van der Waals surface area (Å²) in [5.74, 6) is 0.0391. The molecule has 19 heavy (non-hydrogen) atoms. The highest BCUT2D eigenvalue weighted by Crippen LogP contribution is 2.14. The lowest BCUT2D eigenvalue weighted by atomic mass is 10.1. The number of rotatable bonds is 1. The summed E-state index contributed by atoms with van der Waals surface area (Å²) >= 11 is 0. The van der Waals surface area contributed by atoms with Gasteiger partial charge in [-0.1, -0.05) is 24.3 Å². The lowest BCUT2D eigenvalue weighted by Crippen LogP contribution is -2.34. The minimum absolute atomic E-state index is 0. The predicted octanol–water partition coefficient (Wildman–Crippen LogP) is 3.12. The van der Waals surface area contributed by atoms with Crippen molar-refractivity contribution in [2.24, 2.45) is 0 Å². The number of hydrogen-bond acceptors (Lipinski definition) is 1. The smallest absolute Gasteiger partial charge is 0.218 e. The Balaban J connectivity index is 0.00000133. The molecule has 0 spiro atoms. The molecule has 0 radical (unpaired) electrons. The van der Waals surface area contributed by atoms with Crippen molar-refractivity contribution in [2.75, 3.05) is 0 Å². The second-order valence-electron chi connectivity index (χ2n) is 4.36. The fraction of sp³-hybridized carbons (Fsp3) is 0.0625. The third-order valence-corrected chi connectivity index (χ3v) is 3.13. The zero-order chi connectivity index (χ0) is 12.5. The monoisotopic (exact) mass is 363 g/mol. The van der Waals surface area contributed by atoms with Crippen molar-refractivity contribution in [3.8, 4) is 11.4 Å². The second-order valence-corrected chi connectivity index (χ2v) is 4.36. The summed E-state index contributed by atoms with van der Waals surface area (Å²) in [7, 11) is 0. The molecule has 0 saturated heterocycles. The molecular weight excluding hydrogens is 349 g/mol. The Morgan fingerprint density at radius 2 is 1.53 bits per heavy atom. The molecular formula is C16H14INO. The van der Waals surface area contributed by atoms with E-state index >= 15 is 0 Å². The van der Waals surface area contributed by atoms with E-state index in [4.69, 9.17) is 0 Å². The van der Waals surface area contributed by atoms with Crippen molar-refractivity contribution in [3.63, 3.8) is 0 Å². The lowest BCUT2D eigenvalue weighted by Gasteiger charge is -2.06. The molecule has 3 heteroatoms. The molecule has 96 valence electrons. The number of benzene rings is 2. The Hall–Kier alpha value is -1.62. The first kappa shape index (κ1) is 13.8. The van der Waals surface area contributed by atoms with Crippen LogP contribution >= 0.6 is 24.0 Å². The molecule has 0 bridgehead atoms. The first-order valence-corrected chi connectivity index (χ1v) is 5.93. The fourth-order valence-electron chi connectivity index (χ4n) is 2.24. The van der Waals surface area contributed by atoms with E-state index < -0.39 is 0 Å². The van der Waals surface area contributed by atoms with Crippen molar-refractivity contribution < 1.29 is 9.67 Å². The number of fused-ring (bicyclic) bond motifs is 1. The summed E-state index contributed by atoms with van der Waals surface area (Å²) in [6.07, 6.45) is 0. The quantitative estimate of drug-likeness (QED) is 0.482. The van der Waals surface area contributed by atoms with Gasteiger partial charge in [0, 0.05) is 36.6 Å². The van der Waals surface area contributed by atoms with Gasteiger partial charge in [0.1, 0.15) is 0 Å². The minimum Gasteiger partial charge on any atom is -0.872 e. The summed E-state index contributed by atoms with van der Waals surface area (Å²) in [5.41, 5.74) is 3.31. The Morgan fingerprint density at radius 1 is 0.842 bits per heavy atom. The maximum absolute atomic E-state index is 11.2. The lowest BCUT2D eigenvalue weighted by molar-refractivity contribution is -0.574. The molecule has 3 rings (SSSR count). The van der Waals surface area contributed by atoms with E-state index in [0.29, 0.717) is 0 Å². The number of aryl methyl sites for hydroxylation is 1. The number of pyridine rings is 1. The molecule has 1 aromatic heterocycles. The minimum atomic E-state index is 0. The zero-order valence-corrected chi connectivity index (χ0v) is 12.9. The van der Waals surface area contributed by atoms with Crippen LogP contribution in [0.3, 0.4) is 0 Å². The highest BCUT2D eigenvalue weighted by atomic mass is 127. The van der Waals surface area contributed by atoms with E-state index in [2.05, 4.69) is 35.8 Å². The summed E-state index contributed by atoms with van der Waals surface area (Å²) in [5, 5.41) is 12.4. The van der Waals surface area contributed by atoms with Gasteiger partial charge in [0.25, 0.3) is 0 Å². The molecule has 0 N–H and O–H groups in total. The molecule has 2 aromatic carbocycles. The number of para-hydroxylation sites is 1. The van der Waals surface area contributed by atoms with Crippen LogP contribution in [0.25, 0.3) is 16.6 Å². The van der Waals surface area contributed by atoms with Crippen LogP contribution in [-0.2, 0) is 0 Å². The number of halogens is 1. The number of hydrogen-bond donors (Lipinski definition) is 0. The van der Waals surface area contributed by atoms with Crippen LogP contribution in [0.5, 0.6) is 5.75 Å². The molecule has 0 aliphatic rings. The Bertz CT molecular complexity index is 708. The third kappa shape index (κ3) is 2.56. The first-order valence-electron chi connectivity index (χ1n) is 5.93. The zero-order valence-electron chi connectivity index (χ0n) is 10.5. The molecule has 0 fully saturated rings. The number of nitrogens with zero attached hydrogens (tertiary/aromatic N) is 1. The van der Waals surface area contributed by atoms with Crippen molar-refractivity contribution in [2.45, 2.75) is 6.92 Å². The van der Waals surface area contributed by atoms with Crippen LogP contribution < -0.4 is 9.67 Å². The Labute approximate surface area is 129 Å². The van der Waals surface area contributed by atoms with Crippen LogP contribution in [0.15, 0.2) is 60.7 Å². The average Bonchev–Trinajstić information content (AvgIpc) is 2.40. The fourth-order valence-corrected chi connectivity index (χ4v) is 2.24. The topological polar surface area (TPSA) is 26.9 Å². The molecule has 3 aromatic rings. The van der Waals surface area contributed by atoms with Crippen molar-refractivity contribution in [1.29, 1.82) is 0 Å². The summed E-state index contributed by atoms with van der Waals surface area (Å²) in [6.45, 7) is 2.07. The van der Waals surface area contributed by atoms with E-state index in [-0.39, 0.29) is 29.7 Å². The van der Waals surface area contributed by atoms with Gasteiger partial charge in [0.15, 0.2) is 5.69 Å². The van der Waals surface area contributed by atoms with Gasteiger partial charge in [0.05, 0.1) is 0 Å². The Morgan fingerprint density at radius 3 is 2.26 bits per heavy atom. The summed E-state index contributed by atoms with van der Waals surface area (Å²) < 4.78 is 2.16. The molecule has 1 heterocycles. The predicted molar refractivity (Wildman–Crippen MR) is 85.1 cm³/mol. The molecule has 0 atom stereocenters. The van der Waals surface area contributed by atoms with E-state index in [0.717, 1.165) is 16.9 Å². The maximum atomic E-state index is 11.2. The van der Waals surface area contributed by atoms with Gasteiger partial charge in [0.2, 0.25) is 11.2 Å². The second kappa shape index (κ2) is 5.57. The number of aromatic nitrogens is 1. The van der Waals surface area contributed by atoms with Gasteiger partial charge in [-0.3, -0.25) is 0 Å². The average molecular weight is 363 g/mol. The van der Waals surface area contributed by atoms with E-state index in [1.165, 1.54) is 5.39 Å². The van der Waals surface area contributed by atoms with Crippen LogP contribution in [0.4, 0.5) is 0 Å². The van der Waals surface area contributed by atoms with Crippen LogP contribution in [0.2, 0.25) is 0 Å². The first-order chi connectivity index (χ1) is 8.75. The normalized spacial score (nSPS) is 10.2. The summed E-state index contributed by atoms with van der Waals surface area (Å²) in [6, 6.07) is 19.4. The van der Waals surface area contributed by atoms with Crippen molar-refractivity contribution in [3.05, 3.63) is 66.4 Å². The third-order valence-electron chi connectivity index (χ3n) is 3.13. The van der Waals surface area contributed by atoms with Crippen LogP contribution in [0.1, 0.15) is 5.69 Å². The maximum Gasteiger partial charge on any atom is 0.218 e. The van der Waals surface area contributed by atoms with Gasteiger partial charge >= 0.3 is 0 Å². The molecule has 0 saturated carbocycles. The Kier molecular flexibility index (Phi) is 4.04. The highest BCUT2D eigenvalue weighted by molar-refractivity contribution is 14.0. The summed E-state index contributed by atoms with van der Waals surface area (Å²) in [4.78, 5) is 0. The molecule has 0 aliphatic carbocycles. The highest BCUT2D eigenvalue weighted by Gasteiger charge is 2.14. The standard InChI is InChI=1S/C16H13NO.HI/c1-12-6-7-13-4-2-3-5-16(13)17(12)14-8-10-15(18)11-9-14;/h2-11H,1H3;1H. The van der Waals surface area contributed by atoms with Gasteiger partial charge in [-0.2, -0.15) is 4.57 Å². The molecule has 2 nitrogen and oxygen atoms in total. The molecule has 0 unspecified atom stereocenters. The van der Waals surface area contributed by atoms with E-state index in [1.54, 1.807) is 12.1 Å². The van der Waals surface area contributed by atoms with E-state index in [9.17, 15) is 5.11 Å². The van der Waals surface area contributed by atoms with Gasteiger partial charge in [-0.15, -0.1) is 29.7 Å². The SMILES string of the molecule is Cc1ccc2ccccc2[n+]1-c1ccc([O-])cc1.I. The van der Waals surface area contributed by atoms with Crippen LogP contribution in [0, 0.1) is 6.92 Å². The van der Waals surface area contributed by atoms with Gasteiger partial charge < -0.3 is 5.11 Å². The van der Waals surface area contributed by atoms with E-state index in [1.807, 2.05) is 24.3 Å².